The molecular weight excluding hydrogens is 464 g/mol. The maximum absolute atomic E-state index is 12.5. The fourth-order valence-electron chi connectivity index (χ4n) is 4.01. The van der Waals surface area contributed by atoms with Gasteiger partial charge in [0, 0.05) is 41.8 Å². The number of nitrogens with one attached hydrogen (secondary N) is 3. The number of H-pyrrole nitrogens is 1. The summed E-state index contributed by atoms with van der Waals surface area (Å²) in [5.41, 5.74) is 3.14. The summed E-state index contributed by atoms with van der Waals surface area (Å²) in [5, 5.41) is 22.4. The number of nitrogens with zero attached hydrogens (tertiary/aromatic N) is 1. The molecule has 9 heteroatoms. The molecule has 182 valence electrons. The molecule has 35 heavy (non-hydrogen) atoms. The molecule has 0 saturated heterocycles. The highest BCUT2D eigenvalue weighted by Gasteiger charge is 2.27. The van der Waals surface area contributed by atoms with E-state index in [-0.39, 0.29) is 4.90 Å². The van der Waals surface area contributed by atoms with E-state index < -0.39 is 16.1 Å². The van der Waals surface area contributed by atoms with E-state index in [2.05, 4.69) is 26.3 Å². The number of hydrogen-bond donors (Lipinski definition) is 4. The maximum atomic E-state index is 12.5. The lowest BCUT2D eigenvalue weighted by Crippen LogP contribution is -2.26. The zero-order valence-corrected chi connectivity index (χ0v) is 20.0. The quantitative estimate of drug-likeness (QED) is 0.236. The Hall–Kier alpha value is -3.40. The van der Waals surface area contributed by atoms with E-state index in [1.54, 1.807) is 42.5 Å². The number of ether oxygens (including phenoxy) is 1. The summed E-state index contributed by atoms with van der Waals surface area (Å²) in [6.45, 7) is 1.29. The first-order chi connectivity index (χ1) is 17.0. The predicted molar refractivity (Wildman–Crippen MR) is 135 cm³/mol. The summed E-state index contributed by atoms with van der Waals surface area (Å²) < 4.78 is 33.5. The third kappa shape index (κ3) is 5.64. The van der Waals surface area contributed by atoms with Crippen molar-refractivity contribution in [1.82, 2.24) is 15.5 Å². The summed E-state index contributed by atoms with van der Waals surface area (Å²) in [6, 6.07) is 20.9. The van der Waals surface area contributed by atoms with Crippen molar-refractivity contribution in [3.05, 3.63) is 84.1 Å². The van der Waals surface area contributed by atoms with E-state index >= 15 is 0 Å². The zero-order valence-electron chi connectivity index (χ0n) is 19.1. The lowest BCUT2D eigenvalue weighted by molar-refractivity contribution is 0.172. The van der Waals surface area contributed by atoms with Crippen LogP contribution in [-0.4, -0.2) is 43.4 Å². The molecule has 1 aliphatic carbocycles. The van der Waals surface area contributed by atoms with Crippen LogP contribution >= 0.6 is 0 Å². The van der Waals surface area contributed by atoms with E-state index in [4.69, 9.17) is 4.74 Å². The first-order valence-electron chi connectivity index (χ1n) is 11.7. The highest BCUT2D eigenvalue weighted by Crippen LogP contribution is 2.42. The standard InChI is InChI=1S/C26H28N4O4S/c31-25(19-5-4-6-20(15-19)30-35(32,33)22-7-2-1-3-8-22)17-27-13-14-34-21-11-12-23-24(16-21)28-29-26(23)18-9-10-18/h1-8,11-12,15-16,18,25,27,30-31H,9-10,13-14,17H2,(H,28,29). The molecule has 0 radical (unpaired) electrons. The van der Waals surface area contributed by atoms with Gasteiger partial charge in [0.15, 0.2) is 0 Å². The van der Waals surface area contributed by atoms with Crippen LogP contribution in [-0.2, 0) is 10.0 Å². The van der Waals surface area contributed by atoms with Gasteiger partial charge in [-0.05, 0) is 54.8 Å². The summed E-state index contributed by atoms with van der Waals surface area (Å²) in [5.74, 6) is 1.37. The van der Waals surface area contributed by atoms with Gasteiger partial charge in [0.2, 0.25) is 0 Å². The number of aliphatic hydroxyl groups excluding tert-OH is 1. The van der Waals surface area contributed by atoms with Crippen LogP contribution in [0.2, 0.25) is 0 Å². The van der Waals surface area contributed by atoms with Gasteiger partial charge in [-0.1, -0.05) is 30.3 Å². The van der Waals surface area contributed by atoms with Crippen molar-refractivity contribution in [3.63, 3.8) is 0 Å². The van der Waals surface area contributed by atoms with Gasteiger partial charge in [-0.2, -0.15) is 5.10 Å². The van der Waals surface area contributed by atoms with E-state index in [9.17, 15) is 13.5 Å². The Balaban J connectivity index is 1.10. The Bertz CT molecular complexity index is 1400. The third-order valence-electron chi connectivity index (χ3n) is 6.00. The first-order valence-corrected chi connectivity index (χ1v) is 13.2. The fraction of sp³-hybridized carbons (Fsp3) is 0.269. The van der Waals surface area contributed by atoms with Gasteiger partial charge in [-0.15, -0.1) is 0 Å². The van der Waals surface area contributed by atoms with Crippen LogP contribution in [0.5, 0.6) is 5.75 Å². The van der Waals surface area contributed by atoms with Gasteiger partial charge in [-0.3, -0.25) is 9.82 Å². The Morgan fingerprint density at radius 1 is 1.06 bits per heavy atom. The summed E-state index contributed by atoms with van der Waals surface area (Å²) in [7, 11) is -3.69. The largest absolute Gasteiger partial charge is 0.492 e. The van der Waals surface area contributed by atoms with Crippen molar-refractivity contribution in [3.8, 4) is 5.75 Å². The molecule has 0 aliphatic heterocycles. The highest BCUT2D eigenvalue weighted by atomic mass is 32.2. The Labute approximate surface area is 204 Å². The molecule has 1 saturated carbocycles. The summed E-state index contributed by atoms with van der Waals surface area (Å²) in [4.78, 5) is 0.183. The van der Waals surface area contributed by atoms with Crippen molar-refractivity contribution < 1.29 is 18.3 Å². The molecule has 1 unspecified atom stereocenters. The minimum Gasteiger partial charge on any atom is -0.492 e. The van der Waals surface area contributed by atoms with Gasteiger partial charge in [-0.25, -0.2) is 8.42 Å². The average Bonchev–Trinajstić information content (AvgIpc) is 3.63. The second-order valence-corrected chi connectivity index (χ2v) is 10.4. The lowest BCUT2D eigenvalue weighted by Gasteiger charge is -2.15. The third-order valence-corrected chi connectivity index (χ3v) is 7.40. The van der Waals surface area contributed by atoms with Gasteiger partial charge in [0.1, 0.15) is 12.4 Å². The Kier molecular flexibility index (Phi) is 6.72. The second kappa shape index (κ2) is 10.1. The molecule has 3 aromatic carbocycles. The van der Waals surface area contributed by atoms with Crippen molar-refractivity contribution >= 4 is 26.6 Å². The molecule has 4 N–H and O–H groups in total. The van der Waals surface area contributed by atoms with E-state index in [0.29, 0.717) is 36.9 Å². The number of anilines is 1. The van der Waals surface area contributed by atoms with E-state index in [0.717, 1.165) is 16.7 Å². The van der Waals surface area contributed by atoms with Crippen molar-refractivity contribution in [1.29, 1.82) is 0 Å². The summed E-state index contributed by atoms with van der Waals surface area (Å²) >= 11 is 0. The molecule has 1 aromatic heterocycles. The molecule has 0 spiro atoms. The van der Waals surface area contributed by atoms with Gasteiger partial charge < -0.3 is 15.2 Å². The van der Waals surface area contributed by atoms with Crippen LogP contribution in [0.3, 0.4) is 0 Å². The SMILES string of the molecule is O=S(=O)(Nc1cccc(C(O)CNCCOc2ccc3c(C4CC4)[nH]nc3c2)c1)c1ccccc1. The first kappa shape index (κ1) is 23.3. The lowest BCUT2D eigenvalue weighted by atomic mass is 10.1. The fourth-order valence-corrected chi connectivity index (χ4v) is 5.08. The number of hydrogen-bond acceptors (Lipinski definition) is 6. The molecule has 1 aliphatic rings. The zero-order chi connectivity index (χ0) is 24.3. The highest BCUT2D eigenvalue weighted by molar-refractivity contribution is 7.92. The predicted octanol–water partition coefficient (Wildman–Crippen LogP) is 3.94. The Morgan fingerprint density at radius 3 is 2.69 bits per heavy atom. The molecule has 5 rings (SSSR count). The molecule has 1 atom stereocenters. The minimum absolute atomic E-state index is 0.183. The molecule has 1 heterocycles. The van der Waals surface area contributed by atoms with Gasteiger partial charge in [0.05, 0.1) is 16.5 Å². The molecular formula is C26H28N4O4S. The van der Waals surface area contributed by atoms with E-state index in [1.165, 1.54) is 30.7 Å². The topological polar surface area (TPSA) is 116 Å². The number of fused-ring (bicyclic) bond motifs is 1. The summed E-state index contributed by atoms with van der Waals surface area (Å²) in [6.07, 6.45) is 1.65. The number of benzene rings is 3. The monoisotopic (exact) mass is 492 g/mol. The van der Waals surface area contributed by atoms with Crippen molar-refractivity contribution in [2.45, 2.75) is 29.8 Å². The van der Waals surface area contributed by atoms with Gasteiger partial charge in [0.25, 0.3) is 10.0 Å². The van der Waals surface area contributed by atoms with Crippen molar-refractivity contribution in [2.24, 2.45) is 0 Å². The van der Waals surface area contributed by atoms with E-state index in [1.807, 2.05) is 12.1 Å². The van der Waals surface area contributed by atoms with Crippen LogP contribution in [0.1, 0.15) is 36.1 Å². The van der Waals surface area contributed by atoms with Crippen LogP contribution in [0.4, 0.5) is 5.69 Å². The number of sulfonamides is 1. The minimum atomic E-state index is -3.69. The van der Waals surface area contributed by atoms with Crippen LogP contribution < -0.4 is 14.8 Å². The van der Waals surface area contributed by atoms with Gasteiger partial charge >= 0.3 is 0 Å². The van der Waals surface area contributed by atoms with Crippen LogP contribution in [0.15, 0.2) is 77.7 Å². The molecule has 0 bridgehead atoms. The van der Waals surface area contributed by atoms with Crippen LogP contribution in [0, 0.1) is 0 Å². The normalized spacial score (nSPS) is 14.7. The second-order valence-electron chi connectivity index (χ2n) is 8.70. The molecule has 8 nitrogen and oxygen atoms in total. The van der Waals surface area contributed by atoms with Crippen molar-refractivity contribution in [2.75, 3.05) is 24.4 Å². The number of aliphatic hydroxyl groups is 1. The molecule has 1 fully saturated rings. The number of rotatable bonds is 11. The Morgan fingerprint density at radius 2 is 1.89 bits per heavy atom. The average molecular weight is 493 g/mol. The molecule has 4 aromatic rings. The van der Waals surface area contributed by atoms with Crippen LogP contribution in [0.25, 0.3) is 10.9 Å². The number of aromatic nitrogens is 2. The molecule has 0 amide bonds. The smallest absolute Gasteiger partial charge is 0.261 e. The maximum Gasteiger partial charge on any atom is 0.261 e. The number of aromatic amines is 1.